The predicted octanol–water partition coefficient (Wildman–Crippen LogP) is -0.0807. The van der Waals surface area contributed by atoms with Crippen molar-refractivity contribution in [2.45, 2.75) is 16.4 Å². The number of carbonyl (C=O) groups is 1. The van der Waals surface area contributed by atoms with Crippen LogP contribution in [0.15, 0.2) is 0 Å². The summed E-state index contributed by atoms with van der Waals surface area (Å²) in [6, 6.07) is 0. The largest absolute Gasteiger partial charge is 0.392 e. The minimum absolute atomic E-state index is 0.110. The van der Waals surface area contributed by atoms with E-state index in [2.05, 4.69) is 37.2 Å². The van der Waals surface area contributed by atoms with Crippen LogP contribution in [0.2, 0.25) is 0 Å². The summed E-state index contributed by atoms with van der Waals surface area (Å²) in [7, 11) is 0. The van der Waals surface area contributed by atoms with Gasteiger partial charge in [0.2, 0.25) is 5.91 Å². The zero-order valence-electron chi connectivity index (χ0n) is 5.63. The molecule has 3 N–H and O–H groups in total. The molecule has 0 aromatic heterocycles. The third kappa shape index (κ3) is 6.74. The summed E-state index contributed by atoms with van der Waals surface area (Å²) in [5, 5.41) is 19.2. The Morgan fingerprint density at radius 2 is 2.09 bits per heavy atom. The maximum absolute atomic E-state index is 10.8. The third-order valence-electron chi connectivity index (χ3n) is 0.840. The van der Waals surface area contributed by atoms with E-state index in [-0.39, 0.29) is 16.1 Å². The molecule has 1 amide bonds. The molecule has 0 spiro atoms. The van der Waals surface area contributed by atoms with Gasteiger partial charge in [0.05, 0.1) is 10.3 Å². The molecule has 0 bridgehead atoms. The van der Waals surface area contributed by atoms with Crippen molar-refractivity contribution < 1.29 is 15.0 Å². The van der Waals surface area contributed by atoms with E-state index in [0.717, 1.165) is 0 Å². The average Bonchev–Trinajstić information content (AvgIpc) is 1.85. The van der Waals surface area contributed by atoms with Gasteiger partial charge in [0.15, 0.2) is 0 Å². The van der Waals surface area contributed by atoms with Crippen molar-refractivity contribution in [1.82, 2.24) is 5.32 Å². The number of nitrogens with one attached hydrogen (secondary N) is 1. The normalized spacial score (nSPS) is 13.2. The van der Waals surface area contributed by atoms with Crippen LogP contribution in [0.3, 0.4) is 0 Å². The van der Waals surface area contributed by atoms with E-state index < -0.39 is 12.8 Å². The molecule has 6 heteroatoms. The van der Waals surface area contributed by atoms with E-state index in [0.29, 0.717) is 0 Å². The highest BCUT2D eigenvalue weighted by Crippen LogP contribution is 2.11. The van der Waals surface area contributed by atoms with E-state index in [4.69, 9.17) is 10.2 Å². The fraction of sp³-hybridized carbons (Fsp3) is 0.800. The van der Waals surface area contributed by atoms with Crippen molar-refractivity contribution in [2.75, 3.05) is 6.61 Å². The molecule has 0 saturated heterocycles. The van der Waals surface area contributed by atoms with Gasteiger partial charge in [0.25, 0.3) is 0 Å². The third-order valence-corrected chi connectivity index (χ3v) is 1.49. The minimum Gasteiger partial charge on any atom is -0.392 e. The highest BCUT2D eigenvalue weighted by atomic mass is 79.9. The van der Waals surface area contributed by atoms with Crippen molar-refractivity contribution in [1.29, 1.82) is 0 Å². The zero-order valence-corrected chi connectivity index (χ0v) is 8.80. The van der Waals surface area contributed by atoms with E-state index >= 15 is 0 Å². The molecule has 1 unspecified atom stereocenters. The Kier molecular flexibility index (Phi) is 6.12. The Bertz CT molecular complexity index is 131. The molecule has 0 fully saturated rings. The maximum atomic E-state index is 10.8. The number of amides is 1. The number of hydrogen-bond donors (Lipinski definition) is 3. The number of carbonyl (C=O) groups excluding carboxylic acids is 1. The van der Waals surface area contributed by atoms with Crippen LogP contribution in [-0.4, -0.2) is 32.7 Å². The Hall–Kier alpha value is 0.350. The van der Waals surface area contributed by atoms with Crippen molar-refractivity contribution in [3.63, 3.8) is 0 Å². The summed E-state index contributed by atoms with van der Waals surface area (Å²) in [6.07, 6.45) is -0.960. The summed E-state index contributed by atoms with van der Waals surface area (Å²) >= 11 is 6.20. The van der Waals surface area contributed by atoms with Gasteiger partial charge >= 0.3 is 0 Å². The van der Waals surface area contributed by atoms with E-state index in [9.17, 15) is 4.79 Å². The molecular formula is C5H9Br2NO3. The maximum Gasteiger partial charge on any atom is 0.224 e. The van der Waals surface area contributed by atoms with Crippen molar-refractivity contribution in [2.24, 2.45) is 0 Å². The Balaban J connectivity index is 3.52. The zero-order chi connectivity index (χ0) is 8.85. The fourth-order valence-electron chi connectivity index (χ4n) is 0.431. The number of aliphatic hydroxyl groups excluding tert-OH is 2. The van der Waals surface area contributed by atoms with Crippen molar-refractivity contribution in [3.8, 4) is 0 Å². The van der Waals surface area contributed by atoms with Crippen LogP contribution >= 0.6 is 31.9 Å². The van der Waals surface area contributed by atoms with Gasteiger partial charge in [0, 0.05) is 6.42 Å². The Morgan fingerprint density at radius 1 is 1.55 bits per heavy atom. The molecule has 0 aliphatic carbocycles. The van der Waals surface area contributed by atoms with E-state index in [1.807, 2.05) is 0 Å². The lowest BCUT2D eigenvalue weighted by molar-refractivity contribution is -0.124. The van der Waals surface area contributed by atoms with Gasteiger partial charge in [-0.05, 0) is 0 Å². The smallest absolute Gasteiger partial charge is 0.224 e. The molecule has 0 aromatic rings. The minimum atomic E-state index is -1.17. The quantitative estimate of drug-likeness (QED) is 0.501. The SMILES string of the molecule is O=C(CC(Br)Br)NC(O)CO. The molecule has 11 heavy (non-hydrogen) atoms. The van der Waals surface area contributed by atoms with Gasteiger partial charge in [-0.1, -0.05) is 31.9 Å². The second kappa shape index (κ2) is 5.93. The lowest BCUT2D eigenvalue weighted by Crippen LogP contribution is -2.37. The summed E-state index contributed by atoms with van der Waals surface area (Å²) in [5.74, 6) is -0.328. The first kappa shape index (κ1) is 11.4. The first-order chi connectivity index (χ1) is 5.06. The average molecular weight is 291 g/mol. The van der Waals surface area contributed by atoms with Crippen LogP contribution < -0.4 is 5.32 Å². The lowest BCUT2D eigenvalue weighted by Gasteiger charge is -2.09. The topological polar surface area (TPSA) is 69.6 Å². The fourth-order valence-corrected chi connectivity index (χ4v) is 1.02. The first-order valence-electron chi connectivity index (χ1n) is 2.92. The second-order valence-corrected chi connectivity index (χ2v) is 5.30. The molecule has 0 saturated carbocycles. The Labute approximate surface area is 81.2 Å². The number of hydrogen-bond acceptors (Lipinski definition) is 3. The summed E-state index contributed by atoms with van der Waals surface area (Å²) in [4.78, 5) is 10.8. The molecule has 0 aliphatic rings. The molecule has 0 rings (SSSR count). The standard InChI is InChI=1S/C5H9Br2NO3/c6-3(7)1-4(10)8-5(11)2-9/h3,5,9,11H,1-2H2,(H,8,10). The van der Waals surface area contributed by atoms with Gasteiger partial charge in [-0.25, -0.2) is 0 Å². The van der Waals surface area contributed by atoms with Crippen LogP contribution in [0, 0.1) is 0 Å². The molecular weight excluding hydrogens is 282 g/mol. The molecule has 0 heterocycles. The Morgan fingerprint density at radius 3 is 2.45 bits per heavy atom. The second-order valence-electron chi connectivity index (χ2n) is 1.86. The van der Waals surface area contributed by atoms with Crippen LogP contribution in [0.5, 0.6) is 0 Å². The van der Waals surface area contributed by atoms with Crippen molar-refractivity contribution >= 4 is 37.8 Å². The number of alkyl halides is 2. The van der Waals surface area contributed by atoms with E-state index in [1.54, 1.807) is 0 Å². The highest BCUT2D eigenvalue weighted by molar-refractivity contribution is 9.24. The van der Waals surface area contributed by atoms with Gasteiger partial charge < -0.3 is 15.5 Å². The van der Waals surface area contributed by atoms with Crippen LogP contribution in [0.1, 0.15) is 6.42 Å². The van der Waals surface area contributed by atoms with Crippen LogP contribution in [0.25, 0.3) is 0 Å². The van der Waals surface area contributed by atoms with Gasteiger partial charge in [0.1, 0.15) is 6.23 Å². The molecule has 0 aromatic carbocycles. The molecule has 66 valence electrons. The van der Waals surface area contributed by atoms with Gasteiger partial charge in [-0.3, -0.25) is 4.79 Å². The molecule has 4 nitrogen and oxygen atoms in total. The predicted molar refractivity (Wildman–Crippen MR) is 47.5 cm³/mol. The number of aliphatic hydroxyl groups is 2. The number of rotatable bonds is 4. The van der Waals surface area contributed by atoms with Crippen molar-refractivity contribution in [3.05, 3.63) is 0 Å². The van der Waals surface area contributed by atoms with Gasteiger partial charge in [-0.15, -0.1) is 0 Å². The number of halogens is 2. The highest BCUT2D eigenvalue weighted by Gasteiger charge is 2.09. The molecule has 0 aliphatic heterocycles. The molecule has 0 radical (unpaired) electrons. The van der Waals surface area contributed by atoms with E-state index in [1.165, 1.54) is 0 Å². The summed E-state index contributed by atoms with van der Waals surface area (Å²) in [5.41, 5.74) is 0. The van der Waals surface area contributed by atoms with Gasteiger partial charge in [-0.2, -0.15) is 0 Å². The van der Waals surface area contributed by atoms with Crippen LogP contribution in [0.4, 0.5) is 0 Å². The summed E-state index contributed by atoms with van der Waals surface area (Å²) in [6.45, 7) is -0.471. The monoisotopic (exact) mass is 289 g/mol. The van der Waals surface area contributed by atoms with Crippen LogP contribution in [-0.2, 0) is 4.79 Å². The first-order valence-corrected chi connectivity index (χ1v) is 4.76. The lowest BCUT2D eigenvalue weighted by atomic mass is 10.4. The molecule has 1 atom stereocenters. The summed E-state index contributed by atoms with van der Waals surface area (Å²) < 4.78 is -0.110.